The molecule has 1 heterocycles. The number of hydrogen-bond donors (Lipinski definition) is 1. The zero-order chi connectivity index (χ0) is 12.3. The van der Waals surface area contributed by atoms with Crippen molar-refractivity contribution in [2.45, 2.75) is 65.1 Å². The molecule has 1 saturated carbocycles. The minimum Gasteiger partial charge on any atom is -0.308 e. The van der Waals surface area contributed by atoms with E-state index in [2.05, 4.69) is 41.6 Å². The van der Waals surface area contributed by atoms with Crippen LogP contribution in [0.4, 0.5) is 0 Å². The Balaban J connectivity index is 1.99. The predicted molar refractivity (Wildman–Crippen MR) is 66.5 cm³/mol. The van der Waals surface area contributed by atoms with Crippen LogP contribution in [0.15, 0.2) is 0 Å². The van der Waals surface area contributed by atoms with Crippen LogP contribution in [0.1, 0.15) is 58.3 Å². The molecule has 0 aliphatic heterocycles. The van der Waals surface area contributed by atoms with Crippen molar-refractivity contribution in [2.75, 3.05) is 0 Å². The molecule has 1 fully saturated rings. The first-order valence-electron chi connectivity index (χ1n) is 6.70. The summed E-state index contributed by atoms with van der Waals surface area (Å²) < 4.78 is 2.02. The maximum Gasteiger partial charge on any atom is 0.165 e. The van der Waals surface area contributed by atoms with Crippen molar-refractivity contribution >= 4 is 0 Å². The number of nitrogens with zero attached hydrogens (tertiary/aromatic N) is 4. The fourth-order valence-corrected chi connectivity index (χ4v) is 2.09. The molecule has 0 spiro atoms. The summed E-state index contributed by atoms with van der Waals surface area (Å²) in [5, 5.41) is 15.5. The van der Waals surface area contributed by atoms with Gasteiger partial charge in [-0.1, -0.05) is 33.6 Å². The Labute approximate surface area is 103 Å². The molecular weight excluding hydrogens is 214 g/mol. The van der Waals surface area contributed by atoms with Gasteiger partial charge in [-0.3, -0.25) is 0 Å². The van der Waals surface area contributed by atoms with Crippen molar-refractivity contribution in [1.82, 2.24) is 25.5 Å². The number of rotatable bonds is 7. The standard InChI is InChI=1S/C12H23N5/c1-4-11(7-10-5-6-10)17-12(14-15-16-17)8-13-9(2)3/h9-11,13H,4-8H2,1-3H3. The van der Waals surface area contributed by atoms with Crippen LogP contribution in [0.2, 0.25) is 0 Å². The van der Waals surface area contributed by atoms with Crippen molar-refractivity contribution in [3.05, 3.63) is 5.82 Å². The second kappa shape index (κ2) is 5.58. The van der Waals surface area contributed by atoms with Gasteiger partial charge >= 0.3 is 0 Å². The molecule has 5 heteroatoms. The molecule has 0 amide bonds. The van der Waals surface area contributed by atoms with Crippen LogP contribution in [0.3, 0.4) is 0 Å². The lowest BCUT2D eigenvalue weighted by atomic mass is 10.1. The van der Waals surface area contributed by atoms with Crippen molar-refractivity contribution < 1.29 is 0 Å². The van der Waals surface area contributed by atoms with Gasteiger partial charge in [0.25, 0.3) is 0 Å². The summed E-state index contributed by atoms with van der Waals surface area (Å²) in [6.07, 6.45) is 5.11. The van der Waals surface area contributed by atoms with Gasteiger partial charge in [0.1, 0.15) is 0 Å². The molecule has 1 aliphatic rings. The third-order valence-electron chi connectivity index (χ3n) is 3.35. The lowest BCUT2D eigenvalue weighted by molar-refractivity contribution is 0.368. The molecule has 1 aromatic rings. The highest BCUT2D eigenvalue weighted by Gasteiger charge is 2.27. The summed E-state index contributed by atoms with van der Waals surface area (Å²) >= 11 is 0. The monoisotopic (exact) mass is 237 g/mol. The van der Waals surface area contributed by atoms with Crippen LogP contribution in [0.25, 0.3) is 0 Å². The van der Waals surface area contributed by atoms with E-state index in [1.165, 1.54) is 19.3 Å². The van der Waals surface area contributed by atoms with Crippen molar-refractivity contribution in [1.29, 1.82) is 0 Å². The fraction of sp³-hybridized carbons (Fsp3) is 0.917. The molecule has 2 rings (SSSR count). The molecule has 1 atom stereocenters. The molecule has 1 N–H and O–H groups in total. The highest BCUT2D eigenvalue weighted by molar-refractivity contribution is 4.87. The molecule has 96 valence electrons. The summed E-state index contributed by atoms with van der Waals surface area (Å²) in [5.74, 6) is 1.88. The molecule has 1 aromatic heterocycles. The van der Waals surface area contributed by atoms with E-state index in [0.29, 0.717) is 12.1 Å². The van der Waals surface area contributed by atoms with Gasteiger partial charge in [-0.2, -0.15) is 0 Å². The third-order valence-corrected chi connectivity index (χ3v) is 3.35. The lowest BCUT2D eigenvalue weighted by Gasteiger charge is -2.16. The first kappa shape index (κ1) is 12.5. The van der Waals surface area contributed by atoms with Gasteiger partial charge in [-0.05, 0) is 29.2 Å². The number of nitrogens with one attached hydrogen (secondary N) is 1. The van der Waals surface area contributed by atoms with Crippen molar-refractivity contribution in [3.63, 3.8) is 0 Å². The van der Waals surface area contributed by atoms with Crippen LogP contribution >= 0.6 is 0 Å². The molecule has 0 aromatic carbocycles. The van der Waals surface area contributed by atoms with Crippen molar-refractivity contribution in [3.8, 4) is 0 Å². The van der Waals surface area contributed by atoms with Gasteiger partial charge in [0.2, 0.25) is 0 Å². The van der Waals surface area contributed by atoms with Crippen LogP contribution in [-0.2, 0) is 6.54 Å². The number of aromatic nitrogens is 4. The zero-order valence-corrected chi connectivity index (χ0v) is 11.1. The topological polar surface area (TPSA) is 55.6 Å². The molecule has 0 saturated heterocycles. The SMILES string of the molecule is CCC(CC1CC1)n1nnnc1CNC(C)C. The lowest BCUT2D eigenvalue weighted by Crippen LogP contribution is -2.25. The average molecular weight is 237 g/mol. The van der Waals surface area contributed by atoms with Gasteiger partial charge in [-0.25, -0.2) is 4.68 Å². The Hall–Kier alpha value is -0.970. The molecular formula is C12H23N5. The highest BCUT2D eigenvalue weighted by Crippen LogP contribution is 2.37. The van der Waals surface area contributed by atoms with Gasteiger partial charge in [0.05, 0.1) is 12.6 Å². The van der Waals surface area contributed by atoms with E-state index >= 15 is 0 Å². The summed E-state index contributed by atoms with van der Waals surface area (Å²) in [4.78, 5) is 0. The summed E-state index contributed by atoms with van der Waals surface area (Å²) in [5.41, 5.74) is 0. The maximum absolute atomic E-state index is 4.16. The van der Waals surface area contributed by atoms with E-state index in [0.717, 1.165) is 24.7 Å². The highest BCUT2D eigenvalue weighted by atomic mass is 15.6. The number of tetrazole rings is 1. The van der Waals surface area contributed by atoms with Gasteiger partial charge < -0.3 is 5.32 Å². The second-order valence-corrected chi connectivity index (χ2v) is 5.32. The average Bonchev–Trinajstić information content (AvgIpc) is 3.00. The van der Waals surface area contributed by atoms with E-state index in [-0.39, 0.29) is 0 Å². The summed E-state index contributed by atoms with van der Waals surface area (Å²) in [6, 6.07) is 0.935. The minimum atomic E-state index is 0.462. The van der Waals surface area contributed by atoms with Crippen LogP contribution in [-0.4, -0.2) is 26.2 Å². The molecule has 1 aliphatic carbocycles. The largest absolute Gasteiger partial charge is 0.308 e. The fourth-order valence-electron chi connectivity index (χ4n) is 2.09. The first-order valence-corrected chi connectivity index (χ1v) is 6.70. The molecule has 17 heavy (non-hydrogen) atoms. The summed E-state index contributed by atoms with van der Waals surface area (Å²) in [7, 11) is 0. The zero-order valence-electron chi connectivity index (χ0n) is 11.1. The number of hydrogen-bond acceptors (Lipinski definition) is 4. The maximum atomic E-state index is 4.16. The second-order valence-electron chi connectivity index (χ2n) is 5.32. The van der Waals surface area contributed by atoms with Gasteiger partial charge in [0.15, 0.2) is 5.82 Å². The van der Waals surface area contributed by atoms with Crippen LogP contribution in [0.5, 0.6) is 0 Å². The van der Waals surface area contributed by atoms with Crippen LogP contribution in [0, 0.1) is 5.92 Å². The first-order chi connectivity index (χ1) is 8.20. The van der Waals surface area contributed by atoms with Crippen molar-refractivity contribution in [2.24, 2.45) is 5.92 Å². The Morgan fingerprint density at radius 3 is 2.76 bits per heavy atom. The Bertz CT molecular complexity index is 342. The normalized spacial score (nSPS) is 17.6. The molecule has 1 unspecified atom stereocenters. The van der Waals surface area contributed by atoms with E-state index in [9.17, 15) is 0 Å². The van der Waals surface area contributed by atoms with E-state index in [4.69, 9.17) is 0 Å². The molecule has 0 radical (unpaired) electrons. The smallest absolute Gasteiger partial charge is 0.165 e. The Morgan fingerprint density at radius 2 is 2.18 bits per heavy atom. The van der Waals surface area contributed by atoms with E-state index < -0.39 is 0 Å². The Morgan fingerprint density at radius 1 is 1.41 bits per heavy atom. The quantitative estimate of drug-likeness (QED) is 0.787. The van der Waals surface area contributed by atoms with Gasteiger partial charge in [-0.15, -0.1) is 5.10 Å². The summed E-state index contributed by atoms with van der Waals surface area (Å²) in [6.45, 7) is 7.24. The van der Waals surface area contributed by atoms with E-state index in [1.54, 1.807) is 0 Å². The third kappa shape index (κ3) is 3.49. The van der Waals surface area contributed by atoms with E-state index in [1.807, 2.05) is 4.68 Å². The van der Waals surface area contributed by atoms with Gasteiger partial charge in [0, 0.05) is 6.04 Å². The molecule has 0 bridgehead atoms. The van der Waals surface area contributed by atoms with Crippen LogP contribution < -0.4 is 5.32 Å². The predicted octanol–water partition coefficient (Wildman–Crippen LogP) is 1.92. The minimum absolute atomic E-state index is 0.462. The Kier molecular flexibility index (Phi) is 4.10. The molecule has 5 nitrogen and oxygen atoms in total.